The molecule has 0 spiro atoms. The van der Waals surface area contributed by atoms with Gasteiger partial charge in [0.25, 0.3) is 0 Å². The van der Waals surface area contributed by atoms with Crippen LogP contribution in [0, 0.1) is 5.92 Å². The fourth-order valence-electron chi connectivity index (χ4n) is 2.94. The highest BCUT2D eigenvalue weighted by atomic mass is 32.1. The van der Waals surface area contributed by atoms with Crippen LogP contribution in [-0.4, -0.2) is 29.7 Å². The number of ether oxygens (including phenoxy) is 1. The van der Waals surface area contributed by atoms with E-state index in [4.69, 9.17) is 27.7 Å². The lowest BCUT2D eigenvalue weighted by atomic mass is 9.94. The number of rotatable bonds is 4. The minimum atomic E-state index is 0.427. The number of thiocarbonyl (C=S) groups is 1. The zero-order valence-electron chi connectivity index (χ0n) is 11.7. The second-order valence-corrected chi connectivity index (χ2v) is 6.11. The summed E-state index contributed by atoms with van der Waals surface area (Å²) in [6.07, 6.45) is 5.73. The van der Waals surface area contributed by atoms with Crippen LogP contribution >= 0.6 is 12.2 Å². The zero-order chi connectivity index (χ0) is 13.9. The zero-order valence-corrected chi connectivity index (χ0v) is 12.5. The van der Waals surface area contributed by atoms with Crippen molar-refractivity contribution in [1.29, 1.82) is 0 Å². The van der Waals surface area contributed by atoms with Gasteiger partial charge in [-0.2, -0.15) is 0 Å². The number of pyridine rings is 1. The third-order valence-electron chi connectivity index (χ3n) is 4.15. The number of aromatic nitrogens is 1. The molecular formula is C15H21N3OS. The monoisotopic (exact) mass is 291 g/mol. The summed E-state index contributed by atoms with van der Waals surface area (Å²) in [5.41, 5.74) is 9.27. The van der Waals surface area contributed by atoms with Gasteiger partial charge in [-0.25, -0.2) is 4.98 Å². The van der Waals surface area contributed by atoms with Gasteiger partial charge in [-0.1, -0.05) is 12.2 Å². The van der Waals surface area contributed by atoms with Gasteiger partial charge < -0.3 is 15.8 Å². The van der Waals surface area contributed by atoms with Gasteiger partial charge in [0.05, 0.1) is 12.2 Å². The van der Waals surface area contributed by atoms with Gasteiger partial charge in [0.1, 0.15) is 10.8 Å². The summed E-state index contributed by atoms with van der Waals surface area (Å²) >= 11 is 5.18. The highest BCUT2D eigenvalue weighted by Gasteiger charge is 2.19. The van der Waals surface area contributed by atoms with E-state index in [-0.39, 0.29) is 0 Å². The number of nitrogens with zero attached hydrogens (tertiary/aromatic N) is 1. The summed E-state index contributed by atoms with van der Waals surface area (Å²) in [6.45, 7) is 2.58. The quantitative estimate of drug-likeness (QED) is 0.831. The Hall–Kier alpha value is -1.20. The van der Waals surface area contributed by atoms with Crippen molar-refractivity contribution in [3.8, 4) is 0 Å². The Morgan fingerprint density at radius 2 is 2.30 bits per heavy atom. The number of aryl methyl sites for hydroxylation is 2. The second-order valence-electron chi connectivity index (χ2n) is 5.67. The lowest BCUT2D eigenvalue weighted by Gasteiger charge is -2.20. The number of anilines is 1. The Morgan fingerprint density at radius 1 is 1.45 bits per heavy atom. The molecule has 108 valence electrons. The highest BCUT2D eigenvalue weighted by Crippen LogP contribution is 2.25. The summed E-state index contributed by atoms with van der Waals surface area (Å²) in [6, 6.07) is 2.14. The van der Waals surface area contributed by atoms with Crippen molar-refractivity contribution in [2.75, 3.05) is 25.1 Å². The highest BCUT2D eigenvalue weighted by molar-refractivity contribution is 7.80. The summed E-state index contributed by atoms with van der Waals surface area (Å²) in [5, 5.41) is 3.43. The summed E-state index contributed by atoms with van der Waals surface area (Å²) in [5.74, 6) is 1.41. The molecule has 20 heavy (non-hydrogen) atoms. The summed E-state index contributed by atoms with van der Waals surface area (Å²) in [7, 11) is 0. The Kier molecular flexibility index (Phi) is 4.17. The fourth-order valence-corrected chi connectivity index (χ4v) is 3.10. The molecule has 1 aliphatic heterocycles. The molecule has 1 aromatic rings. The number of nitrogens with one attached hydrogen (secondary N) is 1. The van der Waals surface area contributed by atoms with E-state index in [1.165, 1.54) is 24.1 Å². The third-order valence-corrected chi connectivity index (χ3v) is 4.37. The number of hydrogen-bond acceptors (Lipinski definition) is 4. The van der Waals surface area contributed by atoms with Gasteiger partial charge in [0, 0.05) is 24.8 Å². The van der Waals surface area contributed by atoms with Gasteiger partial charge in [-0.15, -0.1) is 0 Å². The standard InChI is InChI=1S/C15H21N3OS/c16-14(20)12-7-11-3-1-2-4-13(11)18-15(12)17-8-10-5-6-19-9-10/h7,10H,1-6,8-9H2,(H2,16,20)(H,17,18). The van der Waals surface area contributed by atoms with Crippen molar-refractivity contribution in [3.63, 3.8) is 0 Å². The molecule has 1 saturated heterocycles. The number of nitrogens with two attached hydrogens (primary N) is 1. The Morgan fingerprint density at radius 3 is 3.05 bits per heavy atom. The fraction of sp³-hybridized carbons (Fsp3) is 0.600. The molecule has 1 aromatic heterocycles. The minimum absolute atomic E-state index is 0.427. The van der Waals surface area contributed by atoms with Crippen molar-refractivity contribution < 1.29 is 4.74 Å². The van der Waals surface area contributed by atoms with Gasteiger partial charge in [0.2, 0.25) is 0 Å². The second kappa shape index (κ2) is 6.06. The van der Waals surface area contributed by atoms with E-state index >= 15 is 0 Å². The first kappa shape index (κ1) is 13.8. The molecule has 1 aliphatic carbocycles. The van der Waals surface area contributed by atoms with Gasteiger partial charge in [-0.3, -0.25) is 0 Å². The molecule has 0 aromatic carbocycles. The first-order chi connectivity index (χ1) is 9.74. The van der Waals surface area contributed by atoms with Crippen molar-refractivity contribution in [2.45, 2.75) is 32.1 Å². The van der Waals surface area contributed by atoms with Crippen molar-refractivity contribution in [3.05, 3.63) is 22.9 Å². The molecular weight excluding hydrogens is 270 g/mol. The molecule has 3 N–H and O–H groups in total. The van der Waals surface area contributed by atoms with Crippen LogP contribution in [0.15, 0.2) is 6.07 Å². The first-order valence-corrected chi connectivity index (χ1v) is 7.79. The van der Waals surface area contributed by atoms with Crippen LogP contribution < -0.4 is 11.1 Å². The Bertz CT molecular complexity index is 512. The average Bonchev–Trinajstić information content (AvgIpc) is 2.97. The Labute approximate surface area is 125 Å². The maximum Gasteiger partial charge on any atom is 0.136 e. The Balaban J connectivity index is 1.81. The normalized spacial score (nSPS) is 21.5. The van der Waals surface area contributed by atoms with E-state index in [0.717, 1.165) is 50.4 Å². The van der Waals surface area contributed by atoms with Gasteiger partial charge in [-0.05, 0) is 43.7 Å². The molecule has 3 rings (SSSR count). The van der Waals surface area contributed by atoms with Gasteiger partial charge in [0.15, 0.2) is 0 Å². The SMILES string of the molecule is NC(=S)c1cc2c(nc1NCC1CCOC1)CCCC2. The molecule has 2 aliphatic rings. The van der Waals surface area contributed by atoms with E-state index in [1.807, 2.05) is 0 Å². The topological polar surface area (TPSA) is 60.2 Å². The molecule has 1 unspecified atom stereocenters. The van der Waals surface area contributed by atoms with Crippen molar-refractivity contribution in [2.24, 2.45) is 11.7 Å². The van der Waals surface area contributed by atoms with Crippen LogP contribution in [0.4, 0.5) is 5.82 Å². The molecule has 0 radical (unpaired) electrons. The lowest BCUT2D eigenvalue weighted by molar-refractivity contribution is 0.187. The van der Waals surface area contributed by atoms with Crippen LogP contribution in [0.25, 0.3) is 0 Å². The molecule has 5 heteroatoms. The van der Waals surface area contributed by atoms with Crippen LogP contribution in [-0.2, 0) is 17.6 Å². The smallest absolute Gasteiger partial charge is 0.136 e. The predicted octanol–water partition coefficient (Wildman–Crippen LogP) is 2.04. The van der Waals surface area contributed by atoms with E-state index in [0.29, 0.717) is 10.9 Å². The van der Waals surface area contributed by atoms with E-state index in [2.05, 4.69) is 11.4 Å². The van der Waals surface area contributed by atoms with Crippen molar-refractivity contribution >= 4 is 23.0 Å². The molecule has 2 heterocycles. The van der Waals surface area contributed by atoms with E-state index in [1.54, 1.807) is 0 Å². The molecule has 0 bridgehead atoms. The molecule has 1 atom stereocenters. The molecule has 4 nitrogen and oxygen atoms in total. The van der Waals surface area contributed by atoms with Crippen LogP contribution in [0.1, 0.15) is 36.1 Å². The maximum atomic E-state index is 5.86. The number of hydrogen-bond donors (Lipinski definition) is 2. The van der Waals surface area contributed by atoms with Crippen LogP contribution in [0.2, 0.25) is 0 Å². The van der Waals surface area contributed by atoms with Crippen LogP contribution in [0.5, 0.6) is 0 Å². The maximum absolute atomic E-state index is 5.86. The summed E-state index contributed by atoms with van der Waals surface area (Å²) in [4.78, 5) is 5.20. The lowest BCUT2D eigenvalue weighted by Crippen LogP contribution is -2.21. The molecule has 0 amide bonds. The average molecular weight is 291 g/mol. The van der Waals surface area contributed by atoms with Crippen molar-refractivity contribution in [1.82, 2.24) is 4.98 Å². The predicted molar refractivity (Wildman–Crippen MR) is 84.2 cm³/mol. The summed E-state index contributed by atoms with van der Waals surface area (Å²) < 4.78 is 5.40. The third kappa shape index (κ3) is 2.94. The minimum Gasteiger partial charge on any atom is -0.389 e. The number of fused-ring (bicyclic) bond motifs is 1. The molecule has 0 saturated carbocycles. The van der Waals surface area contributed by atoms with E-state index < -0.39 is 0 Å². The first-order valence-electron chi connectivity index (χ1n) is 7.38. The van der Waals surface area contributed by atoms with E-state index in [9.17, 15) is 0 Å². The van der Waals surface area contributed by atoms with Gasteiger partial charge >= 0.3 is 0 Å². The largest absolute Gasteiger partial charge is 0.389 e. The molecule has 1 fully saturated rings. The van der Waals surface area contributed by atoms with Crippen LogP contribution in [0.3, 0.4) is 0 Å².